The summed E-state index contributed by atoms with van der Waals surface area (Å²) in [5, 5.41) is 0. The summed E-state index contributed by atoms with van der Waals surface area (Å²) in [6.07, 6.45) is 72.4. The van der Waals surface area contributed by atoms with E-state index in [-0.39, 0.29) is 31.1 Å². The molecule has 0 bridgehead atoms. The van der Waals surface area contributed by atoms with Gasteiger partial charge in [0.25, 0.3) is 0 Å². The topological polar surface area (TPSA) is 78.9 Å². The summed E-state index contributed by atoms with van der Waals surface area (Å²) >= 11 is 0. The van der Waals surface area contributed by atoms with Crippen LogP contribution in [0, 0.1) is 0 Å². The number of allylic oxidation sites excluding steroid dienone is 16. The molecule has 0 spiro atoms. The predicted octanol–water partition coefficient (Wildman–Crippen LogP) is 18.5. The van der Waals surface area contributed by atoms with Gasteiger partial charge in [-0.3, -0.25) is 14.4 Å². The minimum Gasteiger partial charge on any atom is -0.462 e. The van der Waals surface area contributed by atoms with Gasteiger partial charge in [-0.05, 0) is 116 Å². The molecule has 0 fully saturated rings. The summed E-state index contributed by atoms with van der Waals surface area (Å²) in [6, 6.07) is 0. The molecule has 0 aromatic rings. The Kier molecular flexibility index (Phi) is 51.9. The van der Waals surface area contributed by atoms with Crippen molar-refractivity contribution in [3.8, 4) is 0 Å². The summed E-state index contributed by atoms with van der Waals surface area (Å²) in [5.41, 5.74) is 0. The van der Waals surface area contributed by atoms with E-state index in [0.29, 0.717) is 19.3 Å². The van der Waals surface area contributed by atoms with Crippen molar-refractivity contribution < 1.29 is 28.6 Å². The van der Waals surface area contributed by atoms with Crippen molar-refractivity contribution in [2.45, 2.75) is 258 Å². The molecule has 0 saturated heterocycles. The Morgan fingerprint density at radius 3 is 0.970 bits per heavy atom. The van der Waals surface area contributed by atoms with Crippen LogP contribution >= 0.6 is 0 Å². The second-order valence-electron chi connectivity index (χ2n) is 18.1. The van der Waals surface area contributed by atoms with Crippen molar-refractivity contribution in [2.24, 2.45) is 0 Å². The number of unbranched alkanes of at least 4 members (excludes halogenated alkanes) is 22. The van der Waals surface area contributed by atoms with Crippen LogP contribution < -0.4 is 0 Å². The van der Waals surface area contributed by atoms with Gasteiger partial charge in [-0.15, -0.1) is 0 Å². The molecule has 0 amide bonds. The number of hydrogen-bond acceptors (Lipinski definition) is 6. The number of carbonyl (C=O) groups is 3. The monoisotopic (exact) mass is 931 g/mol. The predicted molar refractivity (Wildman–Crippen MR) is 288 cm³/mol. The minimum atomic E-state index is -0.795. The molecular formula is C61H102O6. The molecule has 0 radical (unpaired) electrons. The summed E-state index contributed by atoms with van der Waals surface area (Å²) in [6.45, 7) is 6.41. The molecule has 0 aliphatic carbocycles. The molecule has 0 aliphatic heterocycles. The number of rotatable bonds is 49. The average molecular weight is 931 g/mol. The quantitative estimate of drug-likeness (QED) is 0.0262. The molecule has 0 aliphatic rings. The summed E-state index contributed by atoms with van der Waals surface area (Å²) in [4.78, 5) is 38.1. The molecule has 6 nitrogen and oxygen atoms in total. The smallest absolute Gasteiger partial charge is 0.306 e. The van der Waals surface area contributed by atoms with E-state index in [1.807, 2.05) is 0 Å². The second kappa shape index (κ2) is 54.9. The maximum absolute atomic E-state index is 12.8. The molecule has 0 rings (SSSR count). The molecule has 382 valence electrons. The van der Waals surface area contributed by atoms with E-state index in [0.717, 1.165) is 135 Å². The van der Waals surface area contributed by atoms with Gasteiger partial charge in [-0.2, -0.15) is 0 Å². The molecule has 0 aromatic heterocycles. The van der Waals surface area contributed by atoms with Crippen molar-refractivity contribution >= 4 is 17.9 Å². The molecule has 0 N–H and O–H groups in total. The lowest BCUT2D eigenvalue weighted by Gasteiger charge is -2.18. The van der Waals surface area contributed by atoms with Crippen LogP contribution in [0.25, 0.3) is 0 Å². The molecule has 1 atom stereocenters. The van der Waals surface area contributed by atoms with Gasteiger partial charge in [0, 0.05) is 19.3 Å². The fourth-order valence-electron chi connectivity index (χ4n) is 7.38. The van der Waals surface area contributed by atoms with Crippen LogP contribution in [0.2, 0.25) is 0 Å². The van der Waals surface area contributed by atoms with Gasteiger partial charge in [-0.25, -0.2) is 0 Å². The second-order valence-corrected chi connectivity index (χ2v) is 18.1. The lowest BCUT2D eigenvalue weighted by atomic mass is 10.1. The molecular weight excluding hydrogens is 829 g/mol. The van der Waals surface area contributed by atoms with Crippen LogP contribution in [-0.2, 0) is 28.6 Å². The van der Waals surface area contributed by atoms with E-state index in [1.165, 1.54) is 77.0 Å². The Bertz CT molecular complexity index is 1350. The van der Waals surface area contributed by atoms with Crippen molar-refractivity contribution in [1.29, 1.82) is 0 Å². The van der Waals surface area contributed by atoms with E-state index in [9.17, 15) is 14.4 Å². The van der Waals surface area contributed by atoms with Crippen molar-refractivity contribution in [2.75, 3.05) is 13.2 Å². The van der Waals surface area contributed by atoms with Crippen LogP contribution in [0.5, 0.6) is 0 Å². The SMILES string of the molecule is CC/C=C\C/C=C\C/C=C\CCCCCCCCCC(=O)OC(COC(=O)CCCCCCC/C=C\C/C=C\CCC)COC(=O)CCCCCCCC/C=C\C/C=C\C/C=C\CCCCC. The van der Waals surface area contributed by atoms with Gasteiger partial charge < -0.3 is 14.2 Å². The zero-order chi connectivity index (χ0) is 48.6. The van der Waals surface area contributed by atoms with Gasteiger partial charge in [0.05, 0.1) is 0 Å². The Labute approximate surface area is 413 Å². The van der Waals surface area contributed by atoms with E-state index in [4.69, 9.17) is 14.2 Å². The largest absolute Gasteiger partial charge is 0.462 e. The van der Waals surface area contributed by atoms with E-state index < -0.39 is 6.10 Å². The average Bonchev–Trinajstić information content (AvgIpc) is 3.33. The maximum Gasteiger partial charge on any atom is 0.306 e. The van der Waals surface area contributed by atoms with Crippen molar-refractivity contribution in [1.82, 2.24) is 0 Å². The van der Waals surface area contributed by atoms with E-state index in [1.54, 1.807) is 0 Å². The van der Waals surface area contributed by atoms with Crippen LogP contribution in [0.3, 0.4) is 0 Å². The van der Waals surface area contributed by atoms with Gasteiger partial charge in [-0.1, -0.05) is 214 Å². The fourth-order valence-corrected chi connectivity index (χ4v) is 7.38. The molecule has 6 heteroatoms. The first kappa shape index (κ1) is 63.3. The minimum absolute atomic E-state index is 0.0939. The molecule has 1 unspecified atom stereocenters. The van der Waals surface area contributed by atoms with Crippen LogP contribution in [0.1, 0.15) is 252 Å². The van der Waals surface area contributed by atoms with Crippen LogP contribution in [0.4, 0.5) is 0 Å². The van der Waals surface area contributed by atoms with E-state index >= 15 is 0 Å². The Hall–Kier alpha value is -3.67. The summed E-state index contributed by atoms with van der Waals surface area (Å²) < 4.78 is 16.8. The highest BCUT2D eigenvalue weighted by molar-refractivity contribution is 5.71. The Balaban J connectivity index is 4.43. The van der Waals surface area contributed by atoms with Crippen molar-refractivity contribution in [3.63, 3.8) is 0 Å². The maximum atomic E-state index is 12.8. The lowest BCUT2D eigenvalue weighted by molar-refractivity contribution is -0.167. The highest BCUT2D eigenvalue weighted by atomic mass is 16.6. The first-order chi connectivity index (χ1) is 33.0. The number of carbonyl (C=O) groups excluding carboxylic acids is 3. The summed E-state index contributed by atoms with van der Waals surface area (Å²) in [7, 11) is 0. The molecule has 0 aromatic carbocycles. The highest BCUT2D eigenvalue weighted by Gasteiger charge is 2.19. The normalized spacial score (nSPS) is 12.8. The molecule has 67 heavy (non-hydrogen) atoms. The lowest BCUT2D eigenvalue weighted by Crippen LogP contribution is -2.30. The van der Waals surface area contributed by atoms with Gasteiger partial charge in [0.15, 0.2) is 6.10 Å². The molecule has 0 saturated carbocycles. The van der Waals surface area contributed by atoms with Crippen molar-refractivity contribution in [3.05, 3.63) is 97.2 Å². The number of ether oxygens (including phenoxy) is 3. The van der Waals surface area contributed by atoms with Gasteiger partial charge in [0.1, 0.15) is 13.2 Å². The van der Waals surface area contributed by atoms with Gasteiger partial charge in [0.2, 0.25) is 0 Å². The zero-order valence-electron chi connectivity index (χ0n) is 43.6. The van der Waals surface area contributed by atoms with Gasteiger partial charge >= 0.3 is 17.9 Å². The summed E-state index contributed by atoms with van der Waals surface area (Å²) in [5.74, 6) is -0.929. The third-order valence-corrected chi connectivity index (χ3v) is 11.5. The van der Waals surface area contributed by atoms with E-state index in [2.05, 4.69) is 118 Å². The fraction of sp³-hybridized carbons (Fsp3) is 0.689. The van der Waals surface area contributed by atoms with Crippen LogP contribution in [-0.4, -0.2) is 37.2 Å². The third-order valence-electron chi connectivity index (χ3n) is 11.5. The standard InChI is InChI=1S/C61H102O6/c1-4-7-10-13-16-19-22-25-27-29-30-32-33-36-39-42-45-48-51-54-60(63)66-57-58(56-65-59(62)53-50-47-44-41-38-35-24-21-18-15-12-9-6-3)67-61(64)55-52-49-46-43-40-37-34-31-28-26-23-20-17-14-11-8-5-2/h8,11-12,15-17,19-21,24-28,30,32,58H,4-7,9-10,13-14,18,22-23,29,31,33-57H2,1-3H3/b11-8-,15-12-,19-16-,20-17-,24-21-,27-25-,28-26-,32-30-. The Morgan fingerprint density at radius 2 is 0.612 bits per heavy atom. The van der Waals surface area contributed by atoms with Crippen LogP contribution in [0.15, 0.2) is 97.2 Å². The number of esters is 3. The highest BCUT2D eigenvalue weighted by Crippen LogP contribution is 2.14. The Morgan fingerprint density at radius 1 is 0.313 bits per heavy atom. The third kappa shape index (κ3) is 53.2. The first-order valence-electron chi connectivity index (χ1n) is 27.7. The zero-order valence-corrected chi connectivity index (χ0v) is 43.6. The molecule has 0 heterocycles. The number of hydrogen-bond donors (Lipinski definition) is 0. The first-order valence-corrected chi connectivity index (χ1v) is 27.7.